The lowest BCUT2D eigenvalue weighted by Crippen LogP contribution is -2.24. The molecule has 0 saturated heterocycles. The highest BCUT2D eigenvalue weighted by atomic mass is 79.9. The van der Waals surface area contributed by atoms with Gasteiger partial charge in [-0.3, -0.25) is 0 Å². The number of nitrogens with zero attached hydrogens (tertiary/aromatic N) is 1. The molecule has 0 aliphatic rings. The predicted octanol–water partition coefficient (Wildman–Crippen LogP) is 2.20. The second-order valence-electron chi connectivity index (χ2n) is 2.72. The molecule has 0 heterocycles. The van der Waals surface area contributed by atoms with E-state index in [-0.39, 0.29) is 13.2 Å². The van der Waals surface area contributed by atoms with E-state index < -0.39 is 6.09 Å². The highest BCUT2D eigenvalue weighted by Gasteiger charge is 2.01. The molecule has 1 N–H and O–H groups in total. The van der Waals surface area contributed by atoms with Gasteiger partial charge >= 0.3 is 6.09 Å². The number of carbonyl (C=O) groups excluding carboxylic acids is 1. The van der Waals surface area contributed by atoms with E-state index >= 15 is 0 Å². The zero-order valence-electron chi connectivity index (χ0n) is 7.87. The van der Waals surface area contributed by atoms with Gasteiger partial charge in [0.25, 0.3) is 0 Å². The van der Waals surface area contributed by atoms with Crippen LogP contribution in [0.5, 0.6) is 0 Å². The number of halogens is 1. The molecule has 5 heteroatoms. The van der Waals surface area contributed by atoms with Crippen LogP contribution in [0.25, 0.3) is 0 Å². The van der Waals surface area contributed by atoms with Crippen LogP contribution in [0.3, 0.4) is 0 Å². The Morgan fingerprint density at radius 2 is 2.40 bits per heavy atom. The smallest absolute Gasteiger partial charge is 0.408 e. The van der Waals surface area contributed by atoms with Crippen LogP contribution in [0.4, 0.5) is 4.79 Å². The molecule has 1 rings (SSSR count). The highest BCUT2D eigenvalue weighted by Crippen LogP contribution is 2.12. The number of nitrogens with one attached hydrogen (secondary N) is 1. The first-order valence-corrected chi connectivity index (χ1v) is 5.03. The molecule has 15 heavy (non-hydrogen) atoms. The van der Waals surface area contributed by atoms with Crippen molar-refractivity contribution in [2.75, 3.05) is 6.54 Å². The maximum absolute atomic E-state index is 11.0. The van der Waals surface area contributed by atoms with Crippen molar-refractivity contribution in [3.8, 4) is 6.07 Å². The van der Waals surface area contributed by atoms with Gasteiger partial charge in [0.15, 0.2) is 0 Å². The third-order valence-corrected chi connectivity index (χ3v) is 2.06. The molecule has 1 aromatic rings. The van der Waals surface area contributed by atoms with Crippen molar-refractivity contribution in [3.05, 3.63) is 34.3 Å². The van der Waals surface area contributed by atoms with Gasteiger partial charge < -0.3 is 10.1 Å². The normalized spacial score (nSPS) is 9.07. The van der Waals surface area contributed by atoms with Crippen LogP contribution in [0.2, 0.25) is 0 Å². The van der Waals surface area contributed by atoms with Crippen molar-refractivity contribution in [1.82, 2.24) is 5.32 Å². The molecule has 0 bridgehead atoms. The lowest BCUT2D eigenvalue weighted by atomic mass is 10.2. The topological polar surface area (TPSA) is 62.1 Å². The summed E-state index contributed by atoms with van der Waals surface area (Å²) < 4.78 is 5.79. The standard InChI is InChI=1S/C10H9BrN2O2/c11-9-3-1-2-8(6-9)7-15-10(14)13-5-4-12/h1-3,6H,5,7H2,(H,13,14). The van der Waals surface area contributed by atoms with Crippen LogP contribution < -0.4 is 5.32 Å². The zero-order valence-corrected chi connectivity index (χ0v) is 9.45. The summed E-state index contributed by atoms with van der Waals surface area (Å²) in [5, 5.41) is 10.5. The van der Waals surface area contributed by atoms with Crippen LogP contribution in [0.15, 0.2) is 28.7 Å². The van der Waals surface area contributed by atoms with Gasteiger partial charge in [0.2, 0.25) is 0 Å². The number of ether oxygens (including phenoxy) is 1. The Kier molecular flexibility index (Phi) is 4.64. The van der Waals surface area contributed by atoms with Gasteiger partial charge in [0.05, 0.1) is 6.07 Å². The van der Waals surface area contributed by atoms with E-state index in [9.17, 15) is 4.79 Å². The quantitative estimate of drug-likeness (QED) is 0.855. The summed E-state index contributed by atoms with van der Waals surface area (Å²) in [6.45, 7) is 0.147. The van der Waals surface area contributed by atoms with Gasteiger partial charge in [0, 0.05) is 4.47 Å². The molecule has 78 valence electrons. The molecular weight excluding hydrogens is 260 g/mol. The lowest BCUT2D eigenvalue weighted by molar-refractivity contribution is 0.141. The molecular formula is C10H9BrN2O2. The molecule has 0 aliphatic heterocycles. The monoisotopic (exact) mass is 268 g/mol. The van der Waals surface area contributed by atoms with Gasteiger partial charge in [-0.15, -0.1) is 0 Å². The molecule has 0 atom stereocenters. The summed E-state index contributed by atoms with van der Waals surface area (Å²) in [5.41, 5.74) is 0.886. The van der Waals surface area contributed by atoms with Gasteiger partial charge in [-0.25, -0.2) is 4.79 Å². The maximum Gasteiger partial charge on any atom is 0.408 e. The van der Waals surface area contributed by atoms with Crippen molar-refractivity contribution in [3.63, 3.8) is 0 Å². The first-order chi connectivity index (χ1) is 7.22. The molecule has 0 fully saturated rings. The largest absolute Gasteiger partial charge is 0.445 e. The fraction of sp³-hybridized carbons (Fsp3) is 0.200. The van der Waals surface area contributed by atoms with Crippen molar-refractivity contribution >= 4 is 22.0 Å². The van der Waals surface area contributed by atoms with E-state index in [1.807, 2.05) is 24.3 Å². The summed E-state index contributed by atoms with van der Waals surface area (Å²) in [7, 11) is 0. The van der Waals surface area contributed by atoms with Crippen LogP contribution >= 0.6 is 15.9 Å². The Bertz CT molecular complexity index is 387. The van der Waals surface area contributed by atoms with E-state index in [2.05, 4.69) is 21.2 Å². The molecule has 4 nitrogen and oxygen atoms in total. The van der Waals surface area contributed by atoms with Crippen LogP contribution in [0, 0.1) is 11.3 Å². The average Bonchev–Trinajstić information content (AvgIpc) is 2.23. The highest BCUT2D eigenvalue weighted by molar-refractivity contribution is 9.10. The summed E-state index contributed by atoms with van der Waals surface area (Å²) in [6.07, 6.45) is -0.587. The van der Waals surface area contributed by atoms with E-state index in [1.165, 1.54) is 0 Å². The molecule has 0 unspecified atom stereocenters. The van der Waals surface area contributed by atoms with E-state index in [1.54, 1.807) is 6.07 Å². The van der Waals surface area contributed by atoms with Gasteiger partial charge in [-0.2, -0.15) is 5.26 Å². The average molecular weight is 269 g/mol. The van der Waals surface area contributed by atoms with Crippen molar-refractivity contribution in [2.45, 2.75) is 6.61 Å². The number of benzene rings is 1. The Morgan fingerprint density at radius 1 is 1.60 bits per heavy atom. The summed E-state index contributed by atoms with van der Waals surface area (Å²) >= 11 is 3.31. The molecule has 1 amide bonds. The number of carbonyl (C=O) groups is 1. The van der Waals surface area contributed by atoms with Crippen molar-refractivity contribution in [1.29, 1.82) is 5.26 Å². The molecule has 0 radical (unpaired) electrons. The van der Waals surface area contributed by atoms with Crippen LogP contribution in [0.1, 0.15) is 5.56 Å². The minimum absolute atomic E-state index is 0.0443. The number of hydrogen-bond donors (Lipinski definition) is 1. The minimum Gasteiger partial charge on any atom is -0.445 e. The van der Waals surface area contributed by atoms with Crippen LogP contribution in [-0.2, 0) is 11.3 Å². The van der Waals surface area contributed by atoms with Crippen molar-refractivity contribution < 1.29 is 9.53 Å². The fourth-order valence-corrected chi connectivity index (χ4v) is 1.39. The molecule has 0 saturated carbocycles. The first kappa shape index (κ1) is 11.5. The second kappa shape index (κ2) is 6.04. The molecule has 0 spiro atoms. The number of nitriles is 1. The lowest BCUT2D eigenvalue weighted by Gasteiger charge is -2.04. The predicted molar refractivity (Wildman–Crippen MR) is 57.9 cm³/mol. The molecule has 0 aromatic heterocycles. The zero-order chi connectivity index (χ0) is 11.1. The summed E-state index contributed by atoms with van der Waals surface area (Å²) in [5.74, 6) is 0. The number of rotatable bonds is 3. The van der Waals surface area contributed by atoms with Gasteiger partial charge in [-0.05, 0) is 17.7 Å². The van der Waals surface area contributed by atoms with E-state index in [0.717, 1.165) is 10.0 Å². The Balaban J connectivity index is 2.37. The number of hydrogen-bond acceptors (Lipinski definition) is 3. The first-order valence-electron chi connectivity index (χ1n) is 4.24. The molecule has 1 aromatic carbocycles. The third kappa shape index (κ3) is 4.47. The van der Waals surface area contributed by atoms with Gasteiger partial charge in [0.1, 0.15) is 13.2 Å². The van der Waals surface area contributed by atoms with E-state index in [0.29, 0.717) is 0 Å². The minimum atomic E-state index is -0.587. The second-order valence-corrected chi connectivity index (χ2v) is 3.63. The molecule has 0 aliphatic carbocycles. The maximum atomic E-state index is 11.0. The Labute approximate surface area is 96.0 Å². The fourth-order valence-electron chi connectivity index (χ4n) is 0.938. The summed E-state index contributed by atoms with van der Waals surface area (Å²) in [4.78, 5) is 11.0. The van der Waals surface area contributed by atoms with Crippen molar-refractivity contribution in [2.24, 2.45) is 0 Å². The Morgan fingerprint density at radius 3 is 3.07 bits per heavy atom. The number of amides is 1. The Hall–Kier alpha value is -1.54. The van der Waals surface area contributed by atoms with Crippen LogP contribution in [-0.4, -0.2) is 12.6 Å². The van der Waals surface area contributed by atoms with E-state index in [4.69, 9.17) is 10.00 Å². The van der Waals surface area contributed by atoms with Gasteiger partial charge in [-0.1, -0.05) is 28.1 Å². The third-order valence-electron chi connectivity index (χ3n) is 1.57. The number of alkyl carbamates (subject to hydrolysis) is 1. The summed E-state index contributed by atoms with van der Waals surface area (Å²) in [6, 6.07) is 9.24. The SMILES string of the molecule is N#CCNC(=O)OCc1cccc(Br)c1.